The first-order valence-electron chi connectivity index (χ1n) is 6.47. The van der Waals surface area contributed by atoms with Gasteiger partial charge in [0.1, 0.15) is 10.6 Å². The van der Waals surface area contributed by atoms with Crippen LogP contribution in [-0.4, -0.2) is 13.5 Å². The highest BCUT2D eigenvalue weighted by atomic mass is 35.5. The summed E-state index contributed by atoms with van der Waals surface area (Å²) in [6.45, 7) is 0. The van der Waals surface area contributed by atoms with Gasteiger partial charge in [-0.15, -0.1) is 0 Å². The molecule has 112 valence electrons. The number of hydrogen-bond acceptors (Lipinski definition) is 3. The Hall–Kier alpha value is -2.24. The van der Waals surface area contributed by atoms with Gasteiger partial charge in [-0.2, -0.15) is 0 Å². The van der Waals surface area contributed by atoms with Crippen molar-refractivity contribution in [2.24, 2.45) is 0 Å². The molecule has 3 rings (SSSR count). The third-order valence-corrected chi connectivity index (χ3v) is 5.14. The predicted octanol–water partition coefficient (Wildman–Crippen LogP) is 4.00. The molecule has 0 spiro atoms. The van der Waals surface area contributed by atoms with Crippen molar-refractivity contribution < 1.29 is 13.5 Å². The van der Waals surface area contributed by atoms with Crippen molar-refractivity contribution in [3.8, 4) is 5.75 Å². The van der Waals surface area contributed by atoms with Gasteiger partial charge in [-0.05, 0) is 24.3 Å². The minimum absolute atomic E-state index is 0.00817. The van der Waals surface area contributed by atoms with Gasteiger partial charge in [-0.25, -0.2) is 8.42 Å². The Bertz CT molecular complexity index is 955. The van der Waals surface area contributed by atoms with Gasteiger partial charge in [-0.3, -0.25) is 4.72 Å². The van der Waals surface area contributed by atoms with Crippen LogP contribution < -0.4 is 4.72 Å². The Kier molecular flexibility index (Phi) is 3.68. The summed E-state index contributed by atoms with van der Waals surface area (Å²) in [5.41, 5.74) is 0.383. The van der Waals surface area contributed by atoms with E-state index in [9.17, 15) is 13.5 Å². The van der Waals surface area contributed by atoms with E-state index in [4.69, 9.17) is 11.6 Å². The van der Waals surface area contributed by atoms with Gasteiger partial charge in [0, 0.05) is 10.8 Å². The van der Waals surface area contributed by atoms with Crippen molar-refractivity contribution in [3.63, 3.8) is 0 Å². The number of phenols is 1. The van der Waals surface area contributed by atoms with Crippen LogP contribution in [0.3, 0.4) is 0 Å². The minimum Gasteiger partial charge on any atom is -0.507 e. The molecule has 0 radical (unpaired) electrons. The Morgan fingerprint density at radius 3 is 2.23 bits per heavy atom. The largest absolute Gasteiger partial charge is 0.507 e. The second-order valence-corrected chi connectivity index (χ2v) is 6.77. The fourth-order valence-corrected chi connectivity index (χ4v) is 3.83. The average molecular weight is 334 g/mol. The number of sulfonamides is 1. The summed E-state index contributed by atoms with van der Waals surface area (Å²) in [5.74, 6) is 0.0938. The number of anilines is 1. The van der Waals surface area contributed by atoms with E-state index in [1.54, 1.807) is 36.4 Å². The van der Waals surface area contributed by atoms with Crippen LogP contribution in [0.1, 0.15) is 0 Å². The Balaban J connectivity index is 2.11. The van der Waals surface area contributed by atoms with Gasteiger partial charge in [-0.1, -0.05) is 48.0 Å². The average Bonchev–Trinajstić information content (AvgIpc) is 2.50. The van der Waals surface area contributed by atoms with Crippen LogP contribution >= 0.6 is 11.6 Å². The van der Waals surface area contributed by atoms with E-state index in [0.717, 1.165) is 0 Å². The highest BCUT2D eigenvalue weighted by molar-refractivity contribution is 7.92. The number of aromatic hydroxyl groups is 1. The third-order valence-electron chi connectivity index (χ3n) is 3.27. The highest BCUT2D eigenvalue weighted by Crippen LogP contribution is 2.32. The maximum absolute atomic E-state index is 12.5. The lowest BCUT2D eigenvalue weighted by atomic mass is 10.1. The molecule has 0 fully saturated rings. The normalized spacial score (nSPS) is 11.5. The summed E-state index contributed by atoms with van der Waals surface area (Å²) in [4.78, 5) is 0.00817. The van der Waals surface area contributed by atoms with Gasteiger partial charge in [0.25, 0.3) is 10.0 Å². The molecule has 0 saturated heterocycles. The molecule has 0 saturated carbocycles. The summed E-state index contributed by atoms with van der Waals surface area (Å²) < 4.78 is 27.5. The molecule has 0 aliphatic carbocycles. The number of hydrogen-bond donors (Lipinski definition) is 2. The van der Waals surface area contributed by atoms with Gasteiger partial charge < -0.3 is 5.11 Å². The number of fused-ring (bicyclic) bond motifs is 1. The molecular formula is C16H12ClNO3S. The van der Waals surface area contributed by atoms with E-state index in [-0.39, 0.29) is 15.7 Å². The number of halogens is 1. The SMILES string of the molecule is O=S(=O)(Nc1ccc(O)c2ccccc12)c1ccccc1Cl. The zero-order chi connectivity index (χ0) is 15.7. The molecule has 0 aromatic heterocycles. The summed E-state index contributed by atoms with van der Waals surface area (Å²) in [5, 5.41) is 11.2. The second kappa shape index (κ2) is 5.51. The summed E-state index contributed by atoms with van der Waals surface area (Å²) in [6.07, 6.45) is 0. The van der Waals surface area contributed by atoms with Crippen LogP contribution in [0.2, 0.25) is 5.02 Å². The van der Waals surface area contributed by atoms with E-state index in [2.05, 4.69) is 4.72 Å². The topological polar surface area (TPSA) is 66.4 Å². The predicted molar refractivity (Wildman–Crippen MR) is 87.9 cm³/mol. The van der Waals surface area contributed by atoms with E-state index in [0.29, 0.717) is 16.5 Å². The van der Waals surface area contributed by atoms with Crippen molar-refractivity contribution in [1.82, 2.24) is 0 Å². The standard InChI is InChI=1S/C16H12ClNO3S/c17-13-7-3-4-8-16(13)22(20,21)18-14-9-10-15(19)12-6-2-1-5-11(12)14/h1-10,18-19H. The monoisotopic (exact) mass is 333 g/mol. The first kappa shape index (κ1) is 14.7. The molecule has 0 aliphatic heterocycles. The molecule has 4 nitrogen and oxygen atoms in total. The maximum Gasteiger partial charge on any atom is 0.263 e. The Labute approximate surface area is 133 Å². The summed E-state index contributed by atoms with van der Waals surface area (Å²) in [6, 6.07) is 16.2. The summed E-state index contributed by atoms with van der Waals surface area (Å²) in [7, 11) is -3.81. The van der Waals surface area contributed by atoms with Gasteiger partial charge in [0.2, 0.25) is 0 Å². The van der Waals surface area contributed by atoms with E-state index in [1.165, 1.54) is 24.3 Å². The third kappa shape index (κ3) is 2.61. The minimum atomic E-state index is -3.81. The molecule has 0 bridgehead atoms. The highest BCUT2D eigenvalue weighted by Gasteiger charge is 2.18. The molecule has 0 heterocycles. The van der Waals surface area contributed by atoms with Crippen molar-refractivity contribution in [3.05, 3.63) is 65.7 Å². The molecular weight excluding hydrogens is 322 g/mol. The first-order valence-corrected chi connectivity index (χ1v) is 8.33. The molecule has 3 aromatic rings. The quantitative estimate of drug-likeness (QED) is 0.712. The molecule has 0 unspecified atom stereocenters. The zero-order valence-corrected chi connectivity index (χ0v) is 12.9. The van der Waals surface area contributed by atoms with Crippen LogP contribution in [0.25, 0.3) is 10.8 Å². The first-order chi connectivity index (χ1) is 10.5. The van der Waals surface area contributed by atoms with Gasteiger partial charge in [0.15, 0.2) is 0 Å². The van der Waals surface area contributed by atoms with E-state index in [1.807, 2.05) is 0 Å². The van der Waals surface area contributed by atoms with Crippen LogP contribution in [-0.2, 0) is 10.0 Å². The van der Waals surface area contributed by atoms with Gasteiger partial charge in [0.05, 0.1) is 10.7 Å². The van der Waals surface area contributed by atoms with E-state index < -0.39 is 10.0 Å². The number of rotatable bonds is 3. The van der Waals surface area contributed by atoms with Crippen molar-refractivity contribution in [2.75, 3.05) is 4.72 Å². The van der Waals surface area contributed by atoms with Crippen molar-refractivity contribution in [1.29, 1.82) is 0 Å². The number of benzene rings is 3. The molecule has 0 aliphatic rings. The maximum atomic E-state index is 12.5. The number of phenolic OH excluding ortho intramolecular Hbond substituents is 1. The molecule has 6 heteroatoms. The molecule has 22 heavy (non-hydrogen) atoms. The lowest BCUT2D eigenvalue weighted by molar-refractivity contribution is 0.481. The molecule has 2 N–H and O–H groups in total. The van der Waals surface area contributed by atoms with Crippen LogP contribution in [0.4, 0.5) is 5.69 Å². The smallest absolute Gasteiger partial charge is 0.263 e. The zero-order valence-electron chi connectivity index (χ0n) is 11.3. The lowest BCUT2D eigenvalue weighted by Gasteiger charge is -2.12. The van der Waals surface area contributed by atoms with Crippen LogP contribution in [0, 0.1) is 0 Å². The van der Waals surface area contributed by atoms with Crippen LogP contribution in [0.15, 0.2) is 65.6 Å². The molecule has 0 amide bonds. The van der Waals surface area contributed by atoms with Gasteiger partial charge >= 0.3 is 0 Å². The van der Waals surface area contributed by atoms with E-state index >= 15 is 0 Å². The lowest BCUT2D eigenvalue weighted by Crippen LogP contribution is -2.13. The summed E-state index contributed by atoms with van der Waals surface area (Å²) >= 11 is 5.96. The molecule has 0 atom stereocenters. The van der Waals surface area contributed by atoms with Crippen molar-refractivity contribution >= 4 is 38.1 Å². The second-order valence-electron chi connectivity index (χ2n) is 4.71. The van der Waals surface area contributed by atoms with Crippen molar-refractivity contribution in [2.45, 2.75) is 4.90 Å². The van der Waals surface area contributed by atoms with Crippen LogP contribution in [0.5, 0.6) is 5.75 Å². The fourth-order valence-electron chi connectivity index (χ4n) is 2.23. The molecule has 3 aromatic carbocycles. The Morgan fingerprint density at radius 2 is 1.50 bits per heavy atom. The fraction of sp³-hybridized carbons (Fsp3) is 0. The Morgan fingerprint density at radius 1 is 0.864 bits per heavy atom. The number of nitrogens with one attached hydrogen (secondary N) is 1.